The second-order valence-electron chi connectivity index (χ2n) is 6.89. The smallest absolute Gasteiger partial charge is 0.313 e. The molecular weight excluding hydrogens is 348 g/mol. The third-order valence-electron chi connectivity index (χ3n) is 4.68. The third-order valence-corrected chi connectivity index (χ3v) is 4.68. The Morgan fingerprint density at radius 2 is 1.29 bits per heavy atom. The van der Waals surface area contributed by atoms with Gasteiger partial charge >= 0.3 is 11.8 Å². The molecule has 0 radical (unpaired) electrons. The van der Waals surface area contributed by atoms with Gasteiger partial charge in [-0.1, -0.05) is 66.7 Å². The molecule has 0 aliphatic rings. The minimum Gasteiger partial charge on any atom is -0.326 e. The molecule has 142 valence electrons. The number of nitrogens with one attached hydrogen (secondary N) is 1. The first-order valence-corrected chi connectivity index (χ1v) is 9.28. The maximum Gasteiger partial charge on any atom is 0.313 e. The van der Waals surface area contributed by atoms with Crippen molar-refractivity contribution in [2.45, 2.75) is 26.9 Å². The predicted molar refractivity (Wildman–Crippen MR) is 112 cm³/mol. The molecule has 0 aromatic heterocycles. The topological polar surface area (TPSA) is 49.4 Å². The van der Waals surface area contributed by atoms with Gasteiger partial charge in [0, 0.05) is 18.8 Å². The minimum atomic E-state index is -0.630. The van der Waals surface area contributed by atoms with Gasteiger partial charge in [-0.25, -0.2) is 0 Å². The van der Waals surface area contributed by atoms with E-state index in [9.17, 15) is 9.59 Å². The summed E-state index contributed by atoms with van der Waals surface area (Å²) in [6, 6.07) is 25.0. The number of carbonyl (C=O) groups excluding carboxylic acids is 2. The summed E-state index contributed by atoms with van der Waals surface area (Å²) in [4.78, 5) is 27.1. The first-order valence-electron chi connectivity index (χ1n) is 9.28. The summed E-state index contributed by atoms with van der Waals surface area (Å²) in [5.41, 5.74) is 4.78. The summed E-state index contributed by atoms with van der Waals surface area (Å²) in [5.74, 6) is -1.18. The third kappa shape index (κ3) is 5.07. The van der Waals surface area contributed by atoms with Crippen LogP contribution in [0.1, 0.15) is 22.3 Å². The van der Waals surface area contributed by atoms with E-state index in [1.54, 1.807) is 4.90 Å². The Balaban J connectivity index is 1.78. The fourth-order valence-electron chi connectivity index (χ4n) is 2.95. The van der Waals surface area contributed by atoms with E-state index in [-0.39, 0.29) is 0 Å². The fraction of sp³-hybridized carbons (Fsp3) is 0.167. The van der Waals surface area contributed by atoms with E-state index in [2.05, 4.69) is 5.32 Å². The number of anilines is 1. The van der Waals surface area contributed by atoms with E-state index in [1.165, 1.54) is 0 Å². The van der Waals surface area contributed by atoms with Gasteiger partial charge in [-0.05, 0) is 48.2 Å². The number of amides is 2. The van der Waals surface area contributed by atoms with Gasteiger partial charge in [0.2, 0.25) is 0 Å². The maximum atomic E-state index is 12.9. The predicted octanol–water partition coefficient (Wildman–Crippen LogP) is 4.47. The summed E-state index contributed by atoms with van der Waals surface area (Å²) in [7, 11) is 0. The number of hydrogen-bond donors (Lipinski definition) is 1. The number of rotatable bonds is 5. The lowest BCUT2D eigenvalue weighted by Crippen LogP contribution is -2.39. The van der Waals surface area contributed by atoms with Crippen molar-refractivity contribution in [3.8, 4) is 0 Å². The SMILES string of the molecule is Cc1ccc(NC(=O)C(=O)N(Cc2ccccc2)Cc2ccccc2)cc1C. The van der Waals surface area contributed by atoms with Crippen molar-refractivity contribution in [2.75, 3.05) is 5.32 Å². The second-order valence-corrected chi connectivity index (χ2v) is 6.89. The first kappa shape index (κ1) is 19.4. The quantitative estimate of drug-likeness (QED) is 0.672. The molecule has 0 atom stereocenters. The average Bonchev–Trinajstić information content (AvgIpc) is 2.71. The molecule has 0 aliphatic heterocycles. The molecule has 4 nitrogen and oxygen atoms in total. The van der Waals surface area contributed by atoms with Gasteiger partial charge < -0.3 is 10.2 Å². The number of nitrogens with zero attached hydrogens (tertiary/aromatic N) is 1. The van der Waals surface area contributed by atoms with Crippen LogP contribution in [0.5, 0.6) is 0 Å². The van der Waals surface area contributed by atoms with Gasteiger partial charge in [0.05, 0.1) is 0 Å². The summed E-state index contributed by atoms with van der Waals surface area (Å²) in [6.45, 7) is 4.72. The minimum absolute atomic E-state index is 0.370. The van der Waals surface area contributed by atoms with E-state index in [0.29, 0.717) is 18.8 Å². The Bertz CT molecular complexity index is 911. The highest BCUT2D eigenvalue weighted by atomic mass is 16.2. The summed E-state index contributed by atoms with van der Waals surface area (Å²) < 4.78 is 0. The summed E-state index contributed by atoms with van der Waals surface area (Å²) >= 11 is 0. The van der Waals surface area contributed by atoms with Crippen LogP contribution in [0.15, 0.2) is 78.9 Å². The molecule has 3 aromatic carbocycles. The van der Waals surface area contributed by atoms with Crippen LogP contribution in [0, 0.1) is 13.8 Å². The van der Waals surface area contributed by atoms with Gasteiger partial charge in [0.1, 0.15) is 0 Å². The molecule has 0 heterocycles. The van der Waals surface area contributed by atoms with Crippen LogP contribution in [-0.2, 0) is 22.7 Å². The summed E-state index contributed by atoms with van der Waals surface area (Å²) in [6.07, 6.45) is 0. The van der Waals surface area contributed by atoms with Crippen LogP contribution in [0.25, 0.3) is 0 Å². The van der Waals surface area contributed by atoms with Crippen molar-refractivity contribution in [1.29, 1.82) is 0 Å². The Hall–Kier alpha value is -3.40. The van der Waals surface area contributed by atoms with Crippen molar-refractivity contribution >= 4 is 17.5 Å². The Morgan fingerprint density at radius 3 is 1.79 bits per heavy atom. The molecule has 3 aromatic rings. The molecule has 28 heavy (non-hydrogen) atoms. The Morgan fingerprint density at radius 1 is 0.750 bits per heavy atom. The molecule has 0 saturated carbocycles. The Labute approximate surface area is 165 Å². The molecule has 0 fully saturated rings. The van der Waals surface area contributed by atoms with Crippen LogP contribution >= 0.6 is 0 Å². The number of benzene rings is 3. The highest BCUT2D eigenvalue weighted by Gasteiger charge is 2.22. The van der Waals surface area contributed by atoms with Crippen molar-refractivity contribution in [3.63, 3.8) is 0 Å². The monoisotopic (exact) mass is 372 g/mol. The van der Waals surface area contributed by atoms with Gasteiger partial charge in [0.25, 0.3) is 0 Å². The van der Waals surface area contributed by atoms with E-state index < -0.39 is 11.8 Å². The molecule has 4 heteroatoms. The van der Waals surface area contributed by atoms with E-state index in [1.807, 2.05) is 92.7 Å². The van der Waals surface area contributed by atoms with Crippen LogP contribution in [-0.4, -0.2) is 16.7 Å². The maximum absolute atomic E-state index is 12.9. The van der Waals surface area contributed by atoms with Gasteiger partial charge in [-0.2, -0.15) is 0 Å². The lowest BCUT2D eigenvalue weighted by molar-refractivity contribution is -0.144. The number of carbonyl (C=O) groups is 2. The van der Waals surface area contributed by atoms with Crippen molar-refractivity contribution in [2.24, 2.45) is 0 Å². The lowest BCUT2D eigenvalue weighted by atomic mass is 10.1. The summed E-state index contributed by atoms with van der Waals surface area (Å²) in [5, 5.41) is 2.73. The van der Waals surface area contributed by atoms with Crippen LogP contribution in [0.2, 0.25) is 0 Å². The molecule has 3 rings (SSSR count). The van der Waals surface area contributed by atoms with Crippen LogP contribution in [0.3, 0.4) is 0 Å². The van der Waals surface area contributed by atoms with Crippen LogP contribution in [0.4, 0.5) is 5.69 Å². The normalized spacial score (nSPS) is 10.4. The molecule has 1 N–H and O–H groups in total. The highest BCUT2D eigenvalue weighted by molar-refractivity contribution is 6.39. The number of hydrogen-bond acceptors (Lipinski definition) is 2. The molecule has 0 unspecified atom stereocenters. The molecule has 0 saturated heterocycles. The molecule has 0 bridgehead atoms. The first-order chi connectivity index (χ1) is 13.5. The van der Waals surface area contributed by atoms with E-state index >= 15 is 0 Å². The van der Waals surface area contributed by atoms with Crippen molar-refractivity contribution in [3.05, 3.63) is 101 Å². The van der Waals surface area contributed by atoms with E-state index in [4.69, 9.17) is 0 Å². The zero-order valence-electron chi connectivity index (χ0n) is 16.2. The number of aryl methyl sites for hydroxylation is 2. The van der Waals surface area contributed by atoms with E-state index in [0.717, 1.165) is 22.3 Å². The van der Waals surface area contributed by atoms with Gasteiger partial charge in [-0.3, -0.25) is 9.59 Å². The lowest BCUT2D eigenvalue weighted by Gasteiger charge is -2.22. The zero-order chi connectivity index (χ0) is 19.9. The standard InChI is InChI=1S/C24H24N2O2/c1-18-13-14-22(15-19(18)2)25-23(27)24(28)26(16-20-9-5-3-6-10-20)17-21-11-7-4-8-12-21/h3-15H,16-17H2,1-2H3,(H,25,27). The van der Waals surface area contributed by atoms with Crippen molar-refractivity contribution in [1.82, 2.24) is 4.90 Å². The Kier molecular flexibility index (Phi) is 6.22. The molecular formula is C24H24N2O2. The van der Waals surface area contributed by atoms with Crippen molar-refractivity contribution < 1.29 is 9.59 Å². The molecule has 0 aliphatic carbocycles. The van der Waals surface area contributed by atoms with Crippen LogP contribution < -0.4 is 5.32 Å². The zero-order valence-corrected chi connectivity index (χ0v) is 16.2. The largest absolute Gasteiger partial charge is 0.326 e. The second kappa shape index (κ2) is 9.00. The van der Waals surface area contributed by atoms with Gasteiger partial charge in [-0.15, -0.1) is 0 Å². The highest BCUT2D eigenvalue weighted by Crippen LogP contribution is 2.15. The molecule has 2 amide bonds. The van der Waals surface area contributed by atoms with Gasteiger partial charge in [0.15, 0.2) is 0 Å². The average molecular weight is 372 g/mol. The fourth-order valence-corrected chi connectivity index (χ4v) is 2.95. The molecule has 0 spiro atoms.